The fraction of sp³-hybridized carbons (Fsp3) is 0.182. The zero-order valence-electron chi connectivity index (χ0n) is 16.7. The first kappa shape index (κ1) is 21.9. The van der Waals surface area contributed by atoms with E-state index >= 15 is 0 Å². The number of likely N-dealkylation sites (N-methyl/N-ethyl adjacent to an activating group) is 1. The molecule has 1 heterocycles. The molecule has 0 fully saturated rings. The summed E-state index contributed by atoms with van der Waals surface area (Å²) in [6, 6.07) is 11.2. The molecule has 3 aromatic rings. The zero-order valence-corrected chi connectivity index (χ0v) is 17.5. The summed E-state index contributed by atoms with van der Waals surface area (Å²) < 4.78 is 55.7. The van der Waals surface area contributed by atoms with E-state index in [1.165, 1.54) is 18.3 Å². The summed E-state index contributed by atoms with van der Waals surface area (Å²) in [4.78, 5) is 0.0736. The molecule has 2 aromatic carbocycles. The lowest BCUT2D eigenvalue weighted by atomic mass is 10.1. The second-order valence-electron chi connectivity index (χ2n) is 6.72. The first-order chi connectivity index (χ1) is 14.4. The normalized spacial score (nSPS) is 12.0. The van der Waals surface area contributed by atoms with Gasteiger partial charge in [-0.1, -0.05) is 24.3 Å². The Morgan fingerprint density at radius 2 is 1.83 bits per heavy atom. The molecule has 0 saturated carbocycles. The first-order valence-corrected chi connectivity index (χ1v) is 10.8. The average Bonchev–Trinajstić information content (AvgIpc) is 3.13. The highest BCUT2D eigenvalue weighted by atomic mass is 32.2. The van der Waals surface area contributed by atoms with E-state index in [0.717, 1.165) is 21.7 Å². The number of hydrogen-bond acceptors (Lipinski definition) is 4. The van der Waals surface area contributed by atoms with Crippen LogP contribution in [0.15, 0.2) is 65.7 Å². The fourth-order valence-corrected chi connectivity index (χ4v) is 4.54. The molecule has 30 heavy (non-hydrogen) atoms. The lowest BCUT2D eigenvalue weighted by Crippen LogP contribution is -2.14. The molecule has 0 amide bonds. The molecule has 3 rings (SSSR count). The molecule has 0 atom stereocenters. The molecule has 158 valence electrons. The molecule has 1 aromatic heterocycles. The van der Waals surface area contributed by atoms with Crippen molar-refractivity contribution in [2.24, 2.45) is 0 Å². The maximum absolute atomic E-state index is 14.5. The van der Waals surface area contributed by atoms with Gasteiger partial charge in [0.25, 0.3) is 10.0 Å². The van der Waals surface area contributed by atoms with E-state index in [9.17, 15) is 17.2 Å². The Bertz CT molecular complexity index is 1170. The van der Waals surface area contributed by atoms with Crippen molar-refractivity contribution in [3.05, 3.63) is 83.6 Å². The molecule has 0 unspecified atom stereocenters. The van der Waals surface area contributed by atoms with E-state index in [-0.39, 0.29) is 16.2 Å². The Morgan fingerprint density at radius 1 is 1.03 bits per heavy atom. The van der Waals surface area contributed by atoms with Crippen molar-refractivity contribution >= 4 is 16.1 Å². The van der Waals surface area contributed by atoms with Crippen LogP contribution in [0.5, 0.6) is 0 Å². The second kappa shape index (κ2) is 9.34. The zero-order chi connectivity index (χ0) is 21.7. The maximum Gasteiger partial charge on any atom is 0.268 e. The average molecular weight is 432 g/mol. The van der Waals surface area contributed by atoms with Gasteiger partial charge >= 0.3 is 0 Å². The summed E-state index contributed by atoms with van der Waals surface area (Å²) in [5.41, 5.74) is 1.52. The fourth-order valence-electron chi connectivity index (χ4n) is 3.10. The molecule has 0 aliphatic heterocycles. The van der Waals surface area contributed by atoms with Crippen LogP contribution in [0.3, 0.4) is 0 Å². The van der Waals surface area contributed by atoms with E-state index in [0.29, 0.717) is 18.7 Å². The van der Waals surface area contributed by atoms with E-state index in [4.69, 9.17) is 0 Å². The second-order valence-corrected chi connectivity index (χ2v) is 8.54. The largest absolute Gasteiger partial charge is 0.316 e. The standard InChI is InChI=1S/C22H23F2N3O2S/c1-25-10-4-6-16-5-3-7-19(11-16)30(28,29)27-15-17(14-26-2)12-22(27)20-9-8-18(23)13-21(20)24/h3-9,11-13,15,25-26H,10,14H2,1-2H3/b6-4+. The Hall–Kier alpha value is -2.81. The third-order valence-electron chi connectivity index (χ3n) is 4.48. The van der Waals surface area contributed by atoms with Gasteiger partial charge in [0.05, 0.1) is 10.6 Å². The predicted octanol–water partition coefficient (Wildman–Crippen LogP) is 3.62. The van der Waals surface area contributed by atoms with Gasteiger partial charge in [-0.3, -0.25) is 0 Å². The van der Waals surface area contributed by atoms with Gasteiger partial charge in [-0.15, -0.1) is 0 Å². The van der Waals surface area contributed by atoms with Crippen molar-refractivity contribution in [3.8, 4) is 11.3 Å². The molecule has 0 aliphatic rings. The van der Waals surface area contributed by atoms with Crippen molar-refractivity contribution in [2.45, 2.75) is 11.4 Å². The van der Waals surface area contributed by atoms with Gasteiger partial charge in [-0.05, 0) is 55.6 Å². The molecular weight excluding hydrogens is 408 g/mol. The highest BCUT2D eigenvalue weighted by molar-refractivity contribution is 7.90. The van der Waals surface area contributed by atoms with Crippen LogP contribution in [-0.4, -0.2) is 33.0 Å². The minimum Gasteiger partial charge on any atom is -0.316 e. The molecule has 0 bridgehead atoms. The third-order valence-corrected chi connectivity index (χ3v) is 6.15. The van der Waals surface area contributed by atoms with Crippen LogP contribution in [0, 0.1) is 11.6 Å². The summed E-state index contributed by atoms with van der Waals surface area (Å²) in [7, 11) is -0.474. The van der Waals surface area contributed by atoms with Gasteiger partial charge in [0.1, 0.15) is 11.6 Å². The van der Waals surface area contributed by atoms with Crippen LogP contribution in [-0.2, 0) is 16.6 Å². The van der Waals surface area contributed by atoms with E-state index in [2.05, 4.69) is 10.6 Å². The van der Waals surface area contributed by atoms with Crippen molar-refractivity contribution in [3.63, 3.8) is 0 Å². The quantitative estimate of drug-likeness (QED) is 0.572. The molecule has 2 N–H and O–H groups in total. The number of nitrogens with one attached hydrogen (secondary N) is 2. The van der Waals surface area contributed by atoms with Gasteiger partial charge in [-0.2, -0.15) is 0 Å². The van der Waals surface area contributed by atoms with E-state index < -0.39 is 21.7 Å². The summed E-state index contributed by atoms with van der Waals surface area (Å²) >= 11 is 0. The molecule has 0 saturated heterocycles. The molecule has 5 nitrogen and oxygen atoms in total. The number of aromatic nitrogens is 1. The minimum absolute atomic E-state index is 0.00685. The molecular formula is C22H23F2N3O2S. The van der Waals surface area contributed by atoms with Crippen molar-refractivity contribution in [1.29, 1.82) is 0 Å². The smallest absolute Gasteiger partial charge is 0.268 e. The Kier molecular flexibility index (Phi) is 6.81. The Morgan fingerprint density at radius 3 is 2.53 bits per heavy atom. The maximum atomic E-state index is 14.5. The molecule has 0 spiro atoms. The highest BCUT2D eigenvalue weighted by Gasteiger charge is 2.23. The van der Waals surface area contributed by atoms with Crippen LogP contribution < -0.4 is 10.6 Å². The first-order valence-electron chi connectivity index (χ1n) is 9.35. The summed E-state index contributed by atoms with van der Waals surface area (Å²) in [5, 5.41) is 5.93. The van der Waals surface area contributed by atoms with Crippen LogP contribution in [0.4, 0.5) is 8.78 Å². The highest BCUT2D eigenvalue weighted by Crippen LogP contribution is 2.30. The number of rotatable bonds is 8. The lowest BCUT2D eigenvalue weighted by Gasteiger charge is -2.12. The minimum atomic E-state index is -4.02. The summed E-state index contributed by atoms with van der Waals surface area (Å²) in [5.74, 6) is -1.56. The molecule has 0 radical (unpaired) electrons. The van der Waals surface area contributed by atoms with Crippen LogP contribution >= 0.6 is 0 Å². The Balaban J connectivity index is 2.13. The molecule has 0 aliphatic carbocycles. The topological polar surface area (TPSA) is 63.1 Å². The number of nitrogens with zero attached hydrogens (tertiary/aromatic N) is 1. The SMILES string of the molecule is CNC/C=C/c1cccc(S(=O)(=O)n2cc(CNC)cc2-c2ccc(F)cc2F)c1. The predicted molar refractivity (Wildman–Crippen MR) is 115 cm³/mol. The summed E-state index contributed by atoms with van der Waals surface area (Å²) in [6.45, 7) is 1.04. The van der Waals surface area contributed by atoms with Gasteiger partial charge in [0.2, 0.25) is 0 Å². The Labute approximate surface area is 175 Å². The molecule has 8 heteroatoms. The lowest BCUT2D eigenvalue weighted by molar-refractivity contribution is 0.583. The van der Waals surface area contributed by atoms with E-state index in [1.54, 1.807) is 31.3 Å². The third kappa shape index (κ3) is 4.67. The van der Waals surface area contributed by atoms with E-state index in [1.807, 2.05) is 19.2 Å². The van der Waals surface area contributed by atoms with Crippen LogP contribution in [0.25, 0.3) is 17.3 Å². The van der Waals surface area contributed by atoms with Crippen LogP contribution in [0.1, 0.15) is 11.1 Å². The number of hydrogen-bond donors (Lipinski definition) is 2. The van der Waals surface area contributed by atoms with Gasteiger partial charge in [0, 0.05) is 30.9 Å². The number of halogens is 2. The van der Waals surface area contributed by atoms with Crippen molar-refractivity contribution in [1.82, 2.24) is 14.6 Å². The van der Waals surface area contributed by atoms with Gasteiger partial charge in [-0.25, -0.2) is 21.2 Å². The van der Waals surface area contributed by atoms with Gasteiger partial charge in [0.15, 0.2) is 0 Å². The number of benzene rings is 2. The van der Waals surface area contributed by atoms with Crippen molar-refractivity contribution < 1.29 is 17.2 Å². The summed E-state index contributed by atoms with van der Waals surface area (Å²) in [6.07, 6.45) is 5.15. The monoisotopic (exact) mass is 431 g/mol. The van der Waals surface area contributed by atoms with Gasteiger partial charge < -0.3 is 10.6 Å². The van der Waals surface area contributed by atoms with Crippen LogP contribution in [0.2, 0.25) is 0 Å². The van der Waals surface area contributed by atoms with Crippen molar-refractivity contribution in [2.75, 3.05) is 20.6 Å².